The molecule has 0 aliphatic heterocycles. The summed E-state index contributed by atoms with van der Waals surface area (Å²) >= 11 is 0. The van der Waals surface area contributed by atoms with Crippen molar-refractivity contribution in [3.8, 4) is 0 Å². The maximum atomic E-state index is 11.7. The number of aliphatic carboxylic acids is 1. The summed E-state index contributed by atoms with van der Waals surface area (Å²) in [5.74, 6) is -3.13. The van der Waals surface area contributed by atoms with E-state index in [9.17, 15) is 19.5 Å². The highest BCUT2D eigenvalue weighted by Gasteiger charge is 2.25. The Kier molecular flexibility index (Phi) is 5.01. The molecule has 1 aromatic carbocycles. The molecule has 2 amide bonds. The number of benzene rings is 1. The van der Waals surface area contributed by atoms with Crippen LogP contribution >= 0.6 is 0 Å². The molecule has 0 fully saturated rings. The summed E-state index contributed by atoms with van der Waals surface area (Å²) in [6.07, 6.45) is -2.13. The summed E-state index contributed by atoms with van der Waals surface area (Å²) in [7, 11) is 0. The number of aliphatic hydroxyl groups is 1. The monoisotopic (exact) mass is 266 g/mol. The fraction of sp³-hybridized carbons (Fsp3) is 0.250. The summed E-state index contributed by atoms with van der Waals surface area (Å²) in [6.45, 7) is 0. The Labute approximate surface area is 109 Å². The fourth-order valence-electron chi connectivity index (χ4n) is 1.43. The highest BCUT2D eigenvalue weighted by molar-refractivity contribution is 5.91. The molecule has 0 aliphatic carbocycles. The Morgan fingerprint density at radius 3 is 2.26 bits per heavy atom. The Morgan fingerprint density at radius 2 is 1.79 bits per heavy atom. The molecule has 1 aromatic rings. The molecule has 0 heterocycles. The summed E-state index contributed by atoms with van der Waals surface area (Å²) in [4.78, 5) is 33.2. The van der Waals surface area contributed by atoms with Crippen LogP contribution in [0.4, 0.5) is 0 Å². The van der Waals surface area contributed by atoms with Gasteiger partial charge in [-0.1, -0.05) is 30.3 Å². The molecule has 0 spiro atoms. The summed E-state index contributed by atoms with van der Waals surface area (Å²) in [5.41, 5.74) is 5.31. The van der Waals surface area contributed by atoms with E-state index < -0.39 is 36.4 Å². The van der Waals surface area contributed by atoms with Crippen LogP contribution in [0.5, 0.6) is 0 Å². The van der Waals surface area contributed by atoms with Crippen LogP contribution < -0.4 is 11.1 Å². The first-order valence-corrected chi connectivity index (χ1v) is 5.46. The number of primary amides is 1. The molecule has 2 atom stereocenters. The van der Waals surface area contributed by atoms with E-state index in [0.717, 1.165) is 0 Å². The van der Waals surface area contributed by atoms with E-state index in [4.69, 9.17) is 10.8 Å². The van der Waals surface area contributed by atoms with E-state index in [1.165, 1.54) is 12.1 Å². The smallest absolute Gasteiger partial charge is 0.305 e. The maximum Gasteiger partial charge on any atom is 0.305 e. The molecule has 0 saturated carbocycles. The number of carbonyl (C=O) groups is 3. The van der Waals surface area contributed by atoms with Crippen molar-refractivity contribution >= 4 is 17.8 Å². The van der Waals surface area contributed by atoms with Crippen LogP contribution in [0, 0.1) is 0 Å². The van der Waals surface area contributed by atoms with Gasteiger partial charge in [-0.2, -0.15) is 0 Å². The van der Waals surface area contributed by atoms with Crippen LogP contribution in [-0.2, 0) is 14.4 Å². The molecule has 5 N–H and O–H groups in total. The Hall–Kier alpha value is -2.41. The lowest BCUT2D eigenvalue weighted by molar-refractivity contribution is -0.141. The highest BCUT2D eigenvalue weighted by Crippen LogP contribution is 2.12. The Morgan fingerprint density at radius 1 is 1.21 bits per heavy atom. The predicted molar refractivity (Wildman–Crippen MR) is 64.8 cm³/mol. The molecule has 0 aromatic heterocycles. The van der Waals surface area contributed by atoms with E-state index in [0.29, 0.717) is 5.56 Å². The topological polar surface area (TPSA) is 130 Å². The van der Waals surface area contributed by atoms with Gasteiger partial charge in [0.05, 0.1) is 6.42 Å². The second-order valence-electron chi connectivity index (χ2n) is 3.87. The third-order valence-corrected chi connectivity index (χ3v) is 2.40. The fourth-order valence-corrected chi connectivity index (χ4v) is 1.43. The van der Waals surface area contributed by atoms with Crippen LogP contribution in [0.2, 0.25) is 0 Å². The second kappa shape index (κ2) is 6.50. The average molecular weight is 266 g/mol. The van der Waals surface area contributed by atoms with Gasteiger partial charge in [-0.3, -0.25) is 14.4 Å². The summed E-state index contributed by atoms with van der Waals surface area (Å²) in [5, 5.41) is 20.4. The molecule has 0 bridgehead atoms. The van der Waals surface area contributed by atoms with Gasteiger partial charge in [0.2, 0.25) is 5.91 Å². The molecule has 0 radical (unpaired) electrons. The SMILES string of the molecule is NC(=O)[C@@H](CC(=O)O)NC(=O)[C@@H](O)c1ccccc1. The molecule has 0 aliphatic rings. The van der Waals surface area contributed by atoms with E-state index in [1.807, 2.05) is 0 Å². The van der Waals surface area contributed by atoms with Gasteiger partial charge in [-0.25, -0.2) is 0 Å². The second-order valence-corrected chi connectivity index (χ2v) is 3.87. The van der Waals surface area contributed by atoms with E-state index in [-0.39, 0.29) is 0 Å². The molecule has 102 valence electrons. The summed E-state index contributed by atoms with van der Waals surface area (Å²) in [6, 6.07) is 6.68. The van der Waals surface area contributed by atoms with Gasteiger partial charge in [0.1, 0.15) is 6.04 Å². The number of carbonyl (C=O) groups excluding carboxylic acids is 2. The van der Waals surface area contributed by atoms with Crippen molar-refractivity contribution in [2.24, 2.45) is 5.73 Å². The van der Waals surface area contributed by atoms with Crippen LogP contribution in [0.15, 0.2) is 30.3 Å². The zero-order valence-electron chi connectivity index (χ0n) is 9.95. The molecule has 0 saturated heterocycles. The van der Waals surface area contributed by atoms with Crippen molar-refractivity contribution in [3.05, 3.63) is 35.9 Å². The minimum atomic E-state index is -1.49. The normalized spacial score (nSPS) is 13.3. The van der Waals surface area contributed by atoms with Gasteiger partial charge in [0.15, 0.2) is 6.10 Å². The minimum Gasteiger partial charge on any atom is -0.481 e. The van der Waals surface area contributed by atoms with E-state index in [2.05, 4.69) is 5.32 Å². The van der Waals surface area contributed by atoms with Crippen LogP contribution in [0.1, 0.15) is 18.1 Å². The molecular formula is C12H14N2O5. The zero-order valence-corrected chi connectivity index (χ0v) is 9.95. The van der Waals surface area contributed by atoms with Crippen molar-refractivity contribution in [3.63, 3.8) is 0 Å². The van der Waals surface area contributed by atoms with Gasteiger partial charge < -0.3 is 21.3 Å². The standard InChI is InChI=1S/C12H14N2O5/c13-11(18)8(6-9(15)16)14-12(19)10(17)7-4-2-1-3-5-7/h1-5,8,10,17H,6H2,(H2,13,18)(H,14,19)(H,15,16)/t8-,10+/m1/s1. The van der Waals surface area contributed by atoms with E-state index in [1.54, 1.807) is 18.2 Å². The first-order chi connectivity index (χ1) is 8.91. The molecular weight excluding hydrogens is 252 g/mol. The lowest BCUT2D eigenvalue weighted by atomic mass is 10.1. The number of amides is 2. The largest absolute Gasteiger partial charge is 0.481 e. The van der Waals surface area contributed by atoms with Gasteiger partial charge in [0.25, 0.3) is 5.91 Å². The zero-order chi connectivity index (χ0) is 14.4. The molecule has 1 rings (SSSR count). The van der Waals surface area contributed by atoms with Crippen LogP contribution in [0.25, 0.3) is 0 Å². The number of hydrogen-bond acceptors (Lipinski definition) is 4. The van der Waals surface area contributed by atoms with Crippen molar-refractivity contribution < 1.29 is 24.6 Å². The van der Waals surface area contributed by atoms with E-state index >= 15 is 0 Å². The number of hydrogen-bond donors (Lipinski definition) is 4. The van der Waals surface area contributed by atoms with Gasteiger partial charge in [-0.15, -0.1) is 0 Å². The molecule has 7 heteroatoms. The van der Waals surface area contributed by atoms with Crippen molar-refractivity contribution in [2.75, 3.05) is 0 Å². The van der Waals surface area contributed by atoms with Crippen LogP contribution in [-0.4, -0.2) is 34.0 Å². The number of nitrogens with two attached hydrogens (primary N) is 1. The average Bonchev–Trinajstić information content (AvgIpc) is 2.37. The predicted octanol–water partition coefficient (Wildman–Crippen LogP) is -0.835. The van der Waals surface area contributed by atoms with Crippen molar-refractivity contribution in [1.29, 1.82) is 0 Å². The van der Waals surface area contributed by atoms with Crippen LogP contribution in [0.3, 0.4) is 0 Å². The number of rotatable bonds is 6. The number of nitrogens with one attached hydrogen (secondary N) is 1. The summed E-state index contributed by atoms with van der Waals surface area (Å²) < 4.78 is 0. The lowest BCUT2D eigenvalue weighted by Gasteiger charge is -2.16. The molecule has 19 heavy (non-hydrogen) atoms. The Balaban J connectivity index is 2.72. The Bertz CT molecular complexity index is 474. The first kappa shape index (κ1) is 14.7. The lowest BCUT2D eigenvalue weighted by Crippen LogP contribution is -2.47. The molecule has 0 unspecified atom stereocenters. The number of carboxylic acid groups (broad SMARTS) is 1. The number of carboxylic acids is 1. The first-order valence-electron chi connectivity index (χ1n) is 5.46. The quantitative estimate of drug-likeness (QED) is 0.533. The maximum absolute atomic E-state index is 11.7. The third kappa shape index (κ3) is 4.40. The van der Waals surface area contributed by atoms with Gasteiger partial charge >= 0.3 is 5.97 Å². The van der Waals surface area contributed by atoms with Crippen molar-refractivity contribution in [2.45, 2.75) is 18.6 Å². The van der Waals surface area contributed by atoms with Gasteiger partial charge in [0, 0.05) is 0 Å². The van der Waals surface area contributed by atoms with Gasteiger partial charge in [-0.05, 0) is 5.56 Å². The highest BCUT2D eigenvalue weighted by atomic mass is 16.4. The number of aliphatic hydroxyl groups excluding tert-OH is 1. The molecule has 7 nitrogen and oxygen atoms in total. The van der Waals surface area contributed by atoms with Crippen molar-refractivity contribution in [1.82, 2.24) is 5.32 Å². The third-order valence-electron chi connectivity index (χ3n) is 2.40. The minimum absolute atomic E-state index is 0.332.